The van der Waals surface area contributed by atoms with Crippen LogP contribution in [0.2, 0.25) is 5.02 Å². The molecular formula is C51H57ClN8O11. The number of nitrogens with two attached hydrogens (primary N) is 2. The fourth-order valence-corrected chi connectivity index (χ4v) is 6.41. The predicted octanol–water partition coefficient (Wildman–Crippen LogP) is 6.47. The van der Waals surface area contributed by atoms with E-state index >= 15 is 0 Å². The monoisotopic (exact) mass is 992 g/mol. The highest BCUT2D eigenvalue weighted by Crippen LogP contribution is 2.36. The van der Waals surface area contributed by atoms with Gasteiger partial charge >= 0.3 is 5.97 Å². The molecule has 2 heterocycles. The van der Waals surface area contributed by atoms with Crippen molar-refractivity contribution in [3.63, 3.8) is 0 Å². The highest BCUT2D eigenvalue weighted by atomic mass is 35.5. The third-order valence-electron chi connectivity index (χ3n) is 10.0. The zero-order chi connectivity index (χ0) is 50.4. The number of amides is 3. The number of carbonyl (C=O) groups is 4. The first kappa shape index (κ1) is 55.1. The lowest BCUT2D eigenvalue weighted by Crippen LogP contribution is -2.50. The van der Waals surface area contributed by atoms with Gasteiger partial charge in [0.2, 0.25) is 5.91 Å². The van der Waals surface area contributed by atoms with Crippen molar-refractivity contribution < 1.29 is 52.3 Å². The topological polar surface area (TPSA) is 252 Å². The molecule has 1 fully saturated rings. The Kier molecular flexibility index (Phi) is 21.8. The molecule has 0 radical (unpaired) electrons. The molecule has 1 aromatic heterocycles. The van der Waals surface area contributed by atoms with E-state index in [0.717, 1.165) is 13.1 Å². The van der Waals surface area contributed by atoms with Crippen LogP contribution in [-0.2, 0) is 23.9 Å². The number of nitrogens with zero attached hydrogens (tertiary/aromatic N) is 4. The summed E-state index contributed by atoms with van der Waals surface area (Å²) in [5.74, 6) is 2.69. The number of carbonyl (C=O) groups excluding carboxylic acids is 4. The van der Waals surface area contributed by atoms with E-state index in [1.807, 2.05) is 19.2 Å². The number of hydrogen-bond donors (Lipinski definition) is 4. The molecule has 0 spiro atoms. The summed E-state index contributed by atoms with van der Waals surface area (Å²) in [5.41, 5.74) is 13.6. The summed E-state index contributed by atoms with van der Waals surface area (Å²) in [6.07, 6.45) is 1.44. The first-order valence-corrected chi connectivity index (χ1v) is 21.9. The minimum Gasteiger partial charge on any atom is -0.493 e. The van der Waals surface area contributed by atoms with E-state index in [2.05, 4.69) is 25.3 Å². The van der Waals surface area contributed by atoms with Gasteiger partial charge in [0.05, 0.1) is 44.0 Å². The molecule has 374 valence electrons. The van der Waals surface area contributed by atoms with Crippen LogP contribution in [0.4, 0.5) is 11.4 Å². The highest BCUT2D eigenvalue weighted by Gasteiger charge is 2.20. The van der Waals surface area contributed by atoms with Crippen LogP contribution < -0.4 is 50.5 Å². The SMILES string of the molecule is C.CN1CCN(C(=O)CNC(=O)COc2ccccc2Oc2ccc(N)cc2)CC1.COC(=O)CNC(=O)COc1ccccc1Oc1ccc(N)cc1.COc1cc2ncc(C#N)c(Cl)c2cc1OC. The van der Waals surface area contributed by atoms with Crippen molar-refractivity contribution in [2.24, 2.45) is 0 Å². The number of ether oxygens (including phenoxy) is 7. The molecule has 1 aliphatic heterocycles. The van der Waals surface area contributed by atoms with Crippen molar-refractivity contribution in [3.8, 4) is 52.1 Å². The van der Waals surface area contributed by atoms with Crippen molar-refractivity contribution in [1.82, 2.24) is 25.4 Å². The molecule has 20 heteroatoms. The number of benzene rings is 5. The van der Waals surface area contributed by atoms with E-state index in [1.165, 1.54) is 13.3 Å². The second kappa shape index (κ2) is 28.1. The highest BCUT2D eigenvalue weighted by molar-refractivity contribution is 6.36. The van der Waals surface area contributed by atoms with Gasteiger partial charge in [0, 0.05) is 55.2 Å². The van der Waals surface area contributed by atoms with Gasteiger partial charge in [0.15, 0.2) is 47.7 Å². The van der Waals surface area contributed by atoms with E-state index in [-0.39, 0.29) is 45.5 Å². The van der Waals surface area contributed by atoms with Gasteiger partial charge in [-0.25, -0.2) is 0 Å². The Labute approximate surface area is 417 Å². The minimum absolute atomic E-state index is 0. The van der Waals surface area contributed by atoms with Crippen LogP contribution in [0.1, 0.15) is 13.0 Å². The van der Waals surface area contributed by atoms with E-state index in [9.17, 15) is 19.2 Å². The third kappa shape index (κ3) is 17.2. The fourth-order valence-electron chi connectivity index (χ4n) is 6.17. The molecule has 0 unspecified atom stereocenters. The summed E-state index contributed by atoms with van der Waals surface area (Å²) in [6.45, 7) is 2.34. The van der Waals surface area contributed by atoms with Crippen LogP contribution in [-0.4, -0.2) is 119 Å². The van der Waals surface area contributed by atoms with Crippen LogP contribution >= 0.6 is 11.6 Å². The molecule has 5 aromatic carbocycles. The van der Waals surface area contributed by atoms with Crippen molar-refractivity contribution in [2.45, 2.75) is 7.43 Å². The van der Waals surface area contributed by atoms with Crippen LogP contribution in [0, 0.1) is 11.3 Å². The number of para-hydroxylation sites is 4. The molecule has 1 saturated heterocycles. The number of piperazine rings is 1. The molecule has 1 aliphatic rings. The number of fused-ring (bicyclic) bond motifs is 1. The molecule has 6 N–H and O–H groups in total. The molecule has 0 bridgehead atoms. The normalized spacial score (nSPS) is 11.6. The average Bonchev–Trinajstić information content (AvgIpc) is 3.38. The van der Waals surface area contributed by atoms with Crippen LogP contribution in [0.25, 0.3) is 10.9 Å². The first-order valence-electron chi connectivity index (χ1n) is 21.5. The van der Waals surface area contributed by atoms with Crippen molar-refractivity contribution in [3.05, 3.63) is 126 Å². The average molecular weight is 994 g/mol. The lowest BCUT2D eigenvalue weighted by Gasteiger charge is -2.32. The summed E-state index contributed by atoms with van der Waals surface area (Å²) >= 11 is 6.11. The lowest BCUT2D eigenvalue weighted by molar-refractivity contribution is -0.141. The Morgan fingerprint density at radius 3 is 1.61 bits per heavy atom. The van der Waals surface area contributed by atoms with E-state index in [0.29, 0.717) is 91.9 Å². The molecule has 19 nitrogen and oxygen atoms in total. The number of nitrogen functional groups attached to an aromatic ring is 2. The van der Waals surface area contributed by atoms with Crippen molar-refractivity contribution >= 4 is 57.6 Å². The quantitative estimate of drug-likeness (QED) is 0.0599. The number of likely N-dealkylation sites (N-methyl/N-ethyl adjacent to an activating group) is 1. The Morgan fingerprint density at radius 1 is 0.676 bits per heavy atom. The van der Waals surface area contributed by atoms with E-state index in [4.69, 9.17) is 56.8 Å². The molecule has 3 amide bonds. The van der Waals surface area contributed by atoms with Crippen LogP contribution in [0.15, 0.2) is 115 Å². The molecule has 7 rings (SSSR count). The maximum atomic E-state index is 12.2. The summed E-state index contributed by atoms with van der Waals surface area (Å²) in [7, 11) is 6.36. The number of nitriles is 1. The fraction of sp³-hybridized carbons (Fsp3) is 0.255. The Morgan fingerprint density at radius 2 is 1.14 bits per heavy atom. The minimum atomic E-state index is -0.532. The van der Waals surface area contributed by atoms with Gasteiger partial charge in [-0.1, -0.05) is 43.3 Å². The Hall–Kier alpha value is -8.47. The number of halogens is 1. The van der Waals surface area contributed by atoms with Gasteiger partial charge in [-0.15, -0.1) is 0 Å². The van der Waals surface area contributed by atoms with Gasteiger partial charge in [0.25, 0.3) is 11.8 Å². The number of aromatic nitrogens is 1. The lowest BCUT2D eigenvalue weighted by atomic mass is 10.1. The summed E-state index contributed by atoms with van der Waals surface area (Å²) < 4.78 is 37.4. The van der Waals surface area contributed by atoms with Gasteiger partial charge in [0.1, 0.15) is 24.1 Å². The van der Waals surface area contributed by atoms with E-state index < -0.39 is 11.9 Å². The second-order valence-electron chi connectivity index (χ2n) is 14.9. The number of pyridine rings is 1. The maximum Gasteiger partial charge on any atom is 0.325 e. The number of esters is 1. The molecule has 0 atom stereocenters. The van der Waals surface area contributed by atoms with E-state index in [1.54, 1.807) is 122 Å². The third-order valence-corrected chi connectivity index (χ3v) is 10.4. The second-order valence-corrected chi connectivity index (χ2v) is 15.3. The largest absolute Gasteiger partial charge is 0.493 e. The first-order chi connectivity index (χ1) is 33.8. The van der Waals surface area contributed by atoms with Gasteiger partial charge in [-0.3, -0.25) is 24.2 Å². The Bertz CT molecular complexity index is 2750. The van der Waals surface area contributed by atoms with Crippen molar-refractivity contribution in [2.75, 3.05) is 92.3 Å². The predicted molar refractivity (Wildman–Crippen MR) is 269 cm³/mol. The number of nitrogens with one attached hydrogen (secondary N) is 2. The maximum absolute atomic E-state index is 12.2. The zero-order valence-electron chi connectivity index (χ0n) is 38.9. The smallest absolute Gasteiger partial charge is 0.325 e. The zero-order valence-corrected chi connectivity index (χ0v) is 39.7. The molecule has 0 saturated carbocycles. The molecule has 0 aliphatic carbocycles. The summed E-state index contributed by atoms with van der Waals surface area (Å²) in [4.78, 5) is 55.0. The molecule has 71 heavy (non-hydrogen) atoms. The molecular weight excluding hydrogens is 936 g/mol. The number of methoxy groups -OCH3 is 3. The number of rotatable bonds is 16. The van der Waals surface area contributed by atoms with Crippen LogP contribution in [0.3, 0.4) is 0 Å². The number of anilines is 2. The standard InChI is InChI=1S/C21H26N4O4.C17H18N2O5.C12H9ClN2O2.CH4/c1-24-10-12-25(13-11-24)21(27)14-23-20(26)15-28-18-4-2-3-5-19(18)29-17-8-6-16(22)7-9-17;1-22-17(21)10-19-16(20)11-23-14-4-2-3-5-15(14)24-13-8-6-12(18)7-9-13;1-16-10-3-8-9(4-11(10)17-2)15-6-7(5-14)12(8)13;/h2-9H,10-15,22H2,1H3,(H,23,26);2-9H,10-11,18H2,1H3,(H,19,20);3-4,6H,1-2H3;1H4. The van der Waals surface area contributed by atoms with Crippen molar-refractivity contribution in [1.29, 1.82) is 5.26 Å². The Balaban J connectivity index is 0.000000237. The van der Waals surface area contributed by atoms with Crippen LogP contribution in [0.5, 0.6) is 46.0 Å². The van der Waals surface area contributed by atoms with Gasteiger partial charge in [-0.05, 0) is 85.9 Å². The summed E-state index contributed by atoms with van der Waals surface area (Å²) in [5, 5.41) is 14.9. The summed E-state index contributed by atoms with van der Waals surface area (Å²) in [6, 6.07) is 33.3. The molecule has 6 aromatic rings. The van der Waals surface area contributed by atoms with Gasteiger partial charge < -0.3 is 65.1 Å². The number of hydrogen-bond acceptors (Lipinski definition) is 16. The van der Waals surface area contributed by atoms with Gasteiger partial charge in [-0.2, -0.15) is 5.26 Å².